The lowest BCUT2D eigenvalue weighted by Gasteiger charge is -2.04. The largest absolute Gasteiger partial charge is 0.342 e. The van der Waals surface area contributed by atoms with Crippen molar-refractivity contribution in [2.24, 2.45) is 0 Å². The van der Waals surface area contributed by atoms with Crippen LogP contribution in [0, 0.1) is 0 Å². The summed E-state index contributed by atoms with van der Waals surface area (Å²) in [6.07, 6.45) is 4.28. The highest BCUT2D eigenvalue weighted by atomic mass is 16.1. The molecule has 1 amide bonds. The van der Waals surface area contributed by atoms with Crippen LogP contribution in [0.4, 0.5) is 5.69 Å². The molecule has 1 aliphatic rings. The van der Waals surface area contributed by atoms with Gasteiger partial charge in [-0.1, -0.05) is 12.1 Å². The van der Waals surface area contributed by atoms with E-state index in [1.807, 2.05) is 12.1 Å². The molecule has 6 nitrogen and oxygen atoms in total. The van der Waals surface area contributed by atoms with E-state index in [1.54, 1.807) is 6.33 Å². The average Bonchev–Trinajstić information content (AvgIpc) is 3.03. The van der Waals surface area contributed by atoms with E-state index in [-0.39, 0.29) is 5.91 Å². The number of carbonyl (C=O) groups is 1. The van der Waals surface area contributed by atoms with Gasteiger partial charge in [0.25, 0.3) is 0 Å². The molecule has 98 valence electrons. The van der Waals surface area contributed by atoms with Gasteiger partial charge in [0.05, 0.1) is 18.4 Å². The lowest BCUT2D eigenvalue weighted by Crippen LogP contribution is -2.03. The number of aromatic amines is 1. The summed E-state index contributed by atoms with van der Waals surface area (Å²) >= 11 is 0. The molecule has 0 spiro atoms. The van der Waals surface area contributed by atoms with Crippen LogP contribution in [0.25, 0.3) is 11.2 Å². The van der Waals surface area contributed by atoms with Crippen LogP contribution in [0.3, 0.4) is 0 Å². The van der Waals surface area contributed by atoms with E-state index in [0.717, 1.165) is 28.0 Å². The fourth-order valence-corrected chi connectivity index (χ4v) is 2.54. The van der Waals surface area contributed by atoms with Crippen molar-refractivity contribution in [2.45, 2.75) is 12.8 Å². The SMILES string of the molecule is O=C1Cc2cc(Cc3ncnc4nc[nH]c34)ccc2N1. The maximum absolute atomic E-state index is 11.4. The molecule has 0 saturated heterocycles. The van der Waals surface area contributed by atoms with Crippen molar-refractivity contribution in [1.29, 1.82) is 0 Å². The first-order valence-corrected chi connectivity index (χ1v) is 6.34. The molecule has 3 heterocycles. The number of nitrogens with one attached hydrogen (secondary N) is 2. The molecule has 0 unspecified atom stereocenters. The summed E-state index contributed by atoms with van der Waals surface area (Å²) in [5.74, 6) is 0.0511. The number of imidazole rings is 1. The molecule has 1 aromatic carbocycles. The molecular weight excluding hydrogens is 254 g/mol. The maximum atomic E-state index is 11.4. The zero-order valence-corrected chi connectivity index (χ0v) is 10.6. The summed E-state index contributed by atoms with van der Waals surface area (Å²) in [5, 5.41) is 2.83. The Hall–Kier alpha value is -2.76. The van der Waals surface area contributed by atoms with Gasteiger partial charge < -0.3 is 10.3 Å². The molecule has 0 saturated carbocycles. The van der Waals surface area contributed by atoms with Gasteiger partial charge in [0.2, 0.25) is 5.91 Å². The number of nitrogens with zero attached hydrogens (tertiary/aromatic N) is 3. The number of carbonyl (C=O) groups excluding carboxylic acids is 1. The van der Waals surface area contributed by atoms with E-state index in [4.69, 9.17) is 0 Å². The van der Waals surface area contributed by atoms with Crippen LogP contribution in [0.2, 0.25) is 0 Å². The van der Waals surface area contributed by atoms with Crippen LogP contribution in [0.15, 0.2) is 30.9 Å². The number of fused-ring (bicyclic) bond motifs is 2. The molecule has 0 atom stereocenters. The van der Waals surface area contributed by atoms with Gasteiger partial charge in [-0.25, -0.2) is 15.0 Å². The van der Waals surface area contributed by atoms with Crippen molar-refractivity contribution in [3.8, 4) is 0 Å². The Balaban J connectivity index is 1.71. The molecule has 0 fully saturated rings. The molecular formula is C14H11N5O. The Labute approximate surface area is 114 Å². The standard InChI is InChI=1S/C14H11N5O/c20-12-5-9-3-8(1-2-10(9)19-12)4-11-13-14(17-6-15-11)18-7-16-13/h1-3,6-7H,4-5H2,(H,19,20)(H,15,16,17,18). The lowest BCUT2D eigenvalue weighted by atomic mass is 10.0. The third kappa shape index (κ3) is 1.73. The number of aromatic nitrogens is 4. The zero-order valence-electron chi connectivity index (χ0n) is 10.6. The molecule has 1 aliphatic heterocycles. The van der Waals surface area contributed by atoms with Crippen molar-refractivity contribution < 1.29 is 4.79 Å². The van der Waals surface area contributed by atoms with Crippen LogP contribution < -0.4 is 5.32 Å². The molecule has 0 aliphatic carbocycles. The van der Waals surface area contributed by atoms with E-state index in [2.05, 4.69) is 31.3 Å². The van der Waals surface area contributed by atoms with Gasteiger partial charge in [-0.05, 0) is 17.2 Å². The number of H-pyrrole nitrogens is 1. The first-order valence-electron chi connectivity index (χ1n) is 6.34. The third-order valence-electron chi connectivity index (χ3n) is 3.47. The molecule has 4 rings (SSSR count). The number of hydrogen-bond donors (Lipinski definition) is 2. The zero-order chi connectivity index (χ0) is 13.5. The molecule has 20 heavy (non-hydrogen) atoms. The number of amides is 1. The van der Waals surface area contributed by atoms with Gasteiger partial charge >= 0.3 is 0 Å². The summed E-state index contributed by atoms with van der Waals surface area (Å²) in [6.45, 7) is 0. The lowest BCUT2D eigenvalue weighted by molar-refractivity contribution is -0.115. The Morgan fingerprint density at radius 2 is 2.15 bits per heavy atom. The molecule has 3 aromatic rings. The minimum atomic E-state index is 0.0511. The van der Waals surface area contributed by atoms with E-state index < -0.39 is 0 Å². The van der Waals surface area contributed by atoms with E-state index in [9.17, 15) is 4.79 Å². The summed E-state index contributed by atoms with van der Waals surface area (Å²) in [5.41, 5.74) is 5.52. The molecule has 0 bridgehead atoms. The topological polar surface area (TPSA) is 83.6 Å². The predicted octanol–water partition coefficient (Wildman–Crippen LogP) is 1.44. The third-order valence-corrected chi connectivity index (χ3v) is 3.47. The number of hydrogen-bond acceptors (Lipinski definition) is 4. The fourth-order valence-electron chi connectivity index (χ4n) is 2.54. The molecule has 0 radical (unpaired) electrons. The second kappa shape index (κ2) is 4.12. The van der Waals surface area contributed by atoms with Gasteiger partial charge in [0.15, 0.2) is 5.65 Å². The van der Waals surface area contributed by atoms with Gasteiger partial charge in [0, 0.05) is 12.1 Å². The van der Waals surface area contributed by atoms with E-state index >= 15 is 0 Å². The smallest absolute Gasteiger partial charge is 0.228 e. The summed E-state index contributed by atoms with van der Waals surface area (Å²) in [4.78, 5) is 27.0. The average molecular weight is 265 g/mol. The quantitative estimate of drug-likeness (QED) is 0.734. The van der Waals surface area contributed by atoms with Crippen molar-refractivity contribution in [2.75, 3.05) is 5.32 Å². The van der Waals surface area contributed by atoms with E-state index in [1.165, 1.54) is 6.33 Å². The second-order valence-electron chi connectivity index (χ2n) is 4.81. The minimum absolute atomic E-state index is 0.0511. The second-order valence-corrected chi connectivity index (χ2v) is 4.81. The first-order chi connectivity index (χ1) is 9.79. The normalized spacial score (nSPS) is 13.5. The highest BCUT2D eigenvalue weighted by molar-refractivity contribution is 5.99. The summed E-state index contributed by atoms with van der Waals surface area (Å²) in [6, 6.07) is 6.01. The molecule has 2 aromatic heterocycles. The monoisotopic (exact) mass is 265 g/mol. The Morgan fingerprint density at radius 1 is 1.20 bits per heavy atom. The molecule has 6 heteroatoms. The van der Waals surface area contributed by atoms with E-state index in [0.29, 0.717) is 18.5 Å². The maximum Gasteiger partial charge on any atom is 0.228 e. The Morgan fingerprint density at radius 3 is 3.10 bits per heavy atom. The Kier molecular flexibility index (Phi) is 2.29. The minimum Gasteiger partial charge on any atom is -0.342 e. The van der Waals surface area contributed by atoms with Gasteiger partial charge in [0.1, 0.15) is 11.8 Å². The number of rotatable bonds is 2. The fraction of sp³-hybridized carbons (Fsp3) is 0.143. The van der Waals surface area contributed by atoms with Crippen LogP contribution in [0.1, 0.15) is 16.8 Å². The van der Waals surface area contributed by atoms with Crippen molar-refractivity contribution >= 4 is 22.8 Å². The van der Waals surface area contributed by atoms with Gasteiger partial charge in [-0.2, -0.15) is 0 Å². The predicted molar refractivity (Wildman–Crippen MR) is 73.3 cm³/mol. The van der Waals surface area contributed by atoms with Crippen LogP contribution in [-0.2, 0) is 17.6 Å². The van der Waals surface area contributed by atoms with Crippen molar-refractivity contribution in [3.63, 3.8) is 0 Å². The van der Waals surface area contributed by atoms with Crippen molar-refractivity contribution in [1.82, 2.24) is 19.9 Å². The highest BCUT2D eigenvalue weighted by Gasteiger charge is 2.17. The van der Waals surface area contributed by atoms with Gasteiger partial charge in [-0.15, -0.1) is 0 Å². The first kappa shape index (κ1) is 11.1. The molecule has 2 N–H and O–H groups in total. The van der Waals surface area contributed by atoms with Crippen LogP contribution in [-0.4, -0.2) is 25.8 Å². The highest BCUT2D eigenvalue weighted by Crippen LogP contribution is 2.25. The number of anilines is 1. The summed E-state index contributed by atoms with van der Waals surface area (Å²) in [7, 11) is 0. The van der Waals surface area contributed by atoms with Gasteiger partial charge in [-0.3, -0.25) is 4.79 Å². The van der Waals surface area contributed by atoms with Crippen LogP contribution >= 0.6 is 0 Å². The number of benzene rings is 1. The van der Waals surface area contributed by atoms with Crippen molar-refractivity contribution in [3.05, 3.63) is 47.7 Å². The summed E-state index contributed by atoms with van der Waals surface area (Å²) < 4.78 is 0. The Bertz CT molecular complexity index is 823. The van der Waals surface area contributed by atoms with Crippen LogP contribution in [0.5, 0.6) is 0 Å².